The average molecular weight is 328 g/mol. The molecule has 0 unspecified atom stereocenters. The number of H-pyrrole nitrogens is 1. The van der Waals surface area contributed by atoms with Gasteiger partial charge in [-0.3, -0.25) is 14.0 Å². The third-order valence-corrected chi connectivity index (χ3v) is 4.25. The van der Waals surface area contributed by atoms with E-state index in [0.29, 0.717) is 35.5 Å². The first-order valence-electron chi connectivity index (χ1n) is 7.72. The fourth-order valence-electron chi connectivity index (χ4n) is 2.78. The van der Waals surface area contributed by atoms with Gasteiger partial charge in [0.1, 0.15) is 0 Å². The molecule has 24 heavy (non-hydrogen) atoms. The quantitative estimate of drug-likeness (QED) is 0.666. The molecule has 0 aliphatic carbocycles. The smallest absolute Gasteiger partial charge is 0.326 e. The maximum Gasteiger partial charge on any atom is 0.326 e. The Labute approximate surface area is 138 Å². The standard InChI is InChI=1S/C16H20N6O2/c1-4-22-13-7-10(5-6-12(13)18-16(22)24)15(23)19-14-11(8-17)9(2)21(3)20-14/h5-7H,4,8,17H2,1-3H3,(H,18,24)(H,19,20,23). The van der Waals surface area contributed by atoms with E-state index in [9.17, 15) is 9.59 Å². The fourth-order valence-corrected chi connectivity index (χ4v) is 2.78. The number of nitrogens with zero attached hydrogens (tertiary/aromatic N) is 3. The molecule has 0 saturated heterocycles. The number of aryl methyl sites for hydroxylation is 2. The van der Waals surface area contributed by atoms with E-state index in [1.807, 2.05) is 13.8 Å². The van der Waals surface area contributed by atoms with Crippen molar-refractivity contribution in [1.29, 1.82) is 0 Å². The van der Waals surface area contributed by atoms with E-state index in [-0.39, 0.29) is 11.6 Å². The highest BCUT2D eigenvalue weighted by atomic mass is 16.2. The van der Waals surface area contributed by atoms with Crippen LogP contribution in [-0.4, -0.2) is 25.2 Å². The molecule has 4 N–H and O–H groups in total. The molecular formula is C16H20N6O2. The van der Waals surface area contributed by atoms with Crippen LogP contribution in [0.1, 0.15) is 28.5 Å². The topological polar surface area (TPSA) is 111 Å². The number of aromatic amines is 1. The molecule has 2 heterocycles. The van der Waals surface area contributed by atoms with Crippen LogP contribution >= 0.6 is 0 Å². The van der Waals surface area contributed by atoms with Crippen LogP contribution in [0.2, 0.25) is 0 Å². The van der Waals surface area contributed by atoms with Gasteiger partial charge in [0.15, 0.2) is 5.82 Å². The van der Waals surface area contributed by atoms with Crippen molar-refractivity contribution >= 4 is 22.8 Å². The fraction of sp³-hybridized carbons (Fsp3) is 0.312. The van der Waals surface area contributed by atoms with Crippen LogP contribution in [0.3, 0.4) is 0 Å². The van der Waals surface area contributed by atoms with Gasteiger partial charge in [-0.1, -0.05) is 0 Å². The minimum Gasteiger partial charge on any atom is -0.326 e. The monoisotopic (exact) mass is 328 g/mol. The van der Waals surface area contributed by atoms with Crippen LogP contribution in [0, 0.1) is 6.92 Å². The summed E-state index contributed by atoms with van der Waals surface area (Å²) in [5.41, 5.74) is 9.14. The number of anilines is 1. The highest BCUT2D eigenvalue weighted by Gasteiger charge is 2.16. The Balaban J connectivity index is 1.97. The molecule has 3 aromatic rings. The maximum atomic E-state index is 12.6. The molecule has 0 aliphatic rings. The molecule has 8 nitrogen and oxygen atoms in total. The molecule has 2 aromatic heterocycles. The molecule has 0 atom stereocenters. The van der Waals surface area contributed by atoms with Gasteiger partial charge in [-0.05, 0) is 32.0 Å². The number of aromatic nitrogens is 4. The van der Waals surface area contributed by atoms with Gasteiger partial charge in [-0.25, -0.2) is 4.79 Å². The Morgan fingerprint density at radius 2 is 2.17 bits per heavy atom. The van der Waals surface area contributed by atoms with Gasteiger partial charge in [0, 0.05) is 37.0 Å². The lowest BCUT2D eigenvalue weighted by Gasteiger charge is -2.05. The predicted molar refractivity (Wildman–Crippen MR) is 92.0 cm³/mol. The Hall–Kier alpha value is -2.87. The third-order valence-electron chi connectivity index (χ3n) is 4.25. The van der Waals surface area contributed by atoms with Crippen molar-refractivity contribution < 1.29 is 4.79 Å². The Morgan fingerprint density at radius 3 is 2.83 bits per heavy atom. The highest BCUT2D eigenvalue weighted by molar-refractivity contribution is 6.05. The van der Waals surface area contributed by atoms with Crippen molar-refractivity contribution in [3.63, 3.8) is 0 Å². The number of benzene rings is 1. The number of nitrogens with one attached hydrogen (secondary N) is 2. The number of amides is 1. The van der Waals surface area contributed by atoms with Crippen LogP contribution in [0.4, 0.5) is 5.82 Å². The molecule has 1 aromatic carbocycles. The van der Waals surface area contributed by atoms with E-state index in [2.05, 4.69) is 15.4 Å². The number of imidazole rings is 1. The third kappa shape index (κ3) is 2.50. The average Bonchev–Trinajstić information content (AvgIpc) is 3.02. The molecular weight excluding hydrogens is 308 g/mol. The van der Waals surface area contributed by atoms with Crippen LogP contribution in [0.5, 0.6) is 0 Å². The van der Waals surface area contributed by atoms with E-state index in [4.69, 9.17) is 5.73 Å². The first-order valence-corrected chi connectivity index (χ1v) is 7.72. The maximum absolute atomic E-state index is 12.6. The second kappa shape index (κ2) is 5.97. The van der Waals surface area contributed by atoms with Gasteiger partial charge in [0.05, 0.1) is 11.0 Å². The van der Waals surface area contributed by atoms with Crippen molar-refractivity contribution in [3.05, 3.63) is 45.5 Å². The summed E-state index contributed by atoms with van der Waals surface area (Å²) >= 11 is 0. The lowest BCUT2D eigenvalue weighted by Crippen LogP contribution is -2.16. The van der Waals surface area contributed by atoms with E-state index in [1.165, 1.54) is 0 Å². The summed E-state index contributed by atoms with van der Waals surface area (Å²) < 4.78 is 3.27. The zero-order chi connectivity index (χ0) is 17.4. The van der Waals surface area contributed by atoms with E-state index in [0.717, 1.165) is 11.3 Å². The van der Waals surface area contributed by atoms with Crippen LogP contribution in [-0.2, 0) is 20.1 Å². The summed E-state index contributed by atoms with van der Waals surface area (Å²) in [5, 5.41) is 7.09. The number of rotatable bonds is 4. The number of hydrogen-bond donors (Lipinski definition) is 3. The second-order valence-electron chi connectivity index (χ2n) is 5.60. The number of hydrogen-bond acceptors (Lipinski definition) is 4. The van der Waals surface area contributed by atoms with Gasteiger partial charge in [-0.15, -0.1) is 0 Å². The largest absolute Gasteiger partial charge is 0.326 e. The lowest BCUT2D eigenvalue weighted by atomic mass is 10.1. The first-order chi connectivity index (χ1) is 11.5. The first kappa shape index (κ1) is 16.0. The lowest BCUT2D eigenvalue weighted by molar-refractivity contribution is 0.102. The van der Waals surface area contributed by atoms with Crippen LogP contribution < -0.4 is 16.7 Å². The normalized spacial score (nSPS) is 11.2. The van der Waals surface area contributed by atoms with E-state index in [1.54, 1.807) is 34.5 Å². The second-order valence-corrected chi connectivity index (χ2v) is 5.60. The van der Waals surface area contributed by atoms with Crippen molar-refractivity contribution in [2.75, 3.05) is 5.32 Å². The molecule has 0 saturated carbocycles. The molecule has 0 fully saturated rings. The number of carbonyl (C=O) groups is 1. The summed E-state index contributed by atoms with van der Waals surface area (Å²) in [6.07, 6.45) is 0. The zero-order valence-corrected chi connectivity index (χ0v) is 13.9. The molecule has 1 amide bonds. The SMILES string of the molecule is CCn1c(=O)[nH]c2ccc(C(=O)Nc3nn(C)c(C)c3CN)cc21. The Morgan fingerprint density at radius 1 is 1.42 bits per heavy atom. The molecule has 8 heteroatoms. The minimum absolute atomic E-state index is 0.184. The van der Waals surface area contributed by atoms with Crippen LogP contribution in [0.25, 0.3) is 11.0 Å². The summed E-state index contributed by atoms with van der Waals surface area (Å²) in [6.45, 7) is 4.60. The highest BCUT2D eigenvalue weighted by Crippen LogP contribution is 2.19. The van der Waals surface area contributed by atoms with Gasteiger partial charge in [0.2, 0.25) is 0 Å². The number of fused-ring (bicyclic) bond motifs is 1. The molecule has 3 rings (SSSR count). The van der Waals surface area contributed by atoms with Crippen molar-refractivity contribution in [2.24, 2.45) is 12.8 Å². The van der Waals surface area contributed by atoms with E-state index >= 15 is 0 Å². The summed E-state index contributed by atoms with van der Waals surface area (Å²) in [4.78, 5) is 27.2. The molecule has 0 spiro atoms. The summed E-state index contributed by atoms with van der Waals surface area (Å²) in [5.74, 6) is 0.172. The Kier molecular flexibility index (Phi) is 3.98. The van der Waals surface area contributed by atoms with Crippen molar-refractivity contribution in [3.8, 4) is 0 Å². The number of carbonyl (C=O) groups excluding carboxylic acids is 1. The van der Waals surface area contributed by atoms with E-state index < -0.39 is 0 Å². The zero-order valence-electron chi connectivity index (χ0n) is 13.9. The van der Waals surface area contributed by atoms with Gasteiger partial charge >= 0.3 is 5.69 Å². The Bertz CT molecular complexity index is 979. The van der Waals surface area contributed by atoms with Gasteiger partial charge in [-0.2, -0.15) is 5.10 Å². The van der Waals surface area contributed by atoms with Gasteiger partial charge in [0.25, 0.3) is 5.91 Å². The van der Waals surface area contributed by atoms with Gasteiger partial charge < -0.3 is 16.0 Å². The van der Waals surface area contributed by atoms with Crippen molar-refractivity contribution in [1.82, 2.24) is 19.3 Å². The molecule has 0 bridgehead atoms. The predicted octanol–water partition coefficient (Wildman–Crippen LogP) is 1.10. The molecule has 126 valence electrons. The molecule has 0 aliphatic heterocycles. The van der Waals surface area contributed by atoms with Crippen molar-refractivity contribution in [2.45, 2.75) is 26.9 Å². The number of nitrogens with two attached hydrogens (primary N) is 1. The molecule has 0 radical (unpaired) electrons. The summed E-state index contributed by atoms with van der Waals surface area (Å²) in [7, 11) is 1.80. The van der Waals surface area contributed by atoms with Crippen LogP contribution in [0.15, 0.2) is 23.0 Å². The summed E-state index contributed by atoms with van der Waals surface area (Å²) in [6, 6.07) is 5.10. The minimum atomic E-state index is -0.291.